The van der Waals surface area contributed by atoms with E-state index in [2.05, 4.69) is 10.0 Å². The lowest BCUT2D eigenvalue weighted by Crippen LogP contribution is -2.48. The molecule has 0 bridgehead atoms. The zero-order valence-corrected chi connectivity index (χ0v) is 13.1. The molecule has 120 valence electrons. The summed E-state index contributed by atoms with van der Waals surface area (Å²) in [6, 6.07) is 0. The highest BCUT2D eigenvalue weighted by atomic mass is 16.8. The molecule has 8 nitrogen and oxygen atoms in total. The first-order valence-corrected chi connectivity index (χ1v) is 6.97. The Balaban J connectivity index is 2.16. The van der Waals surface area contributed by atoms with Crippen molar-refractivity contribution in [2.75, 3.05) is 13.2 Å². The molecule has 0 spiro atoms. The van der Waals surface area contributed by atoms with E-state index in [-0.39, 0.29) is 13.2 Å². The highest BCUT2D eigenvalue weighted by Gasteiger charge is 2.62. The first-order chi connectivity index (χ1) is 9.56. The maximum absolute atomic E-state index is 10.7. The molecular formula is C13H23N3O5. The van der Waals surface area contributed by atoms with Crippen LogP contribution in [0.2, 0.25) is 0 Å². The van der Waals surface area contributed by atoms with E-state index in [4.69, 9.17) is 24.5 Å². The second-order valence-corrected chi connectivity index (χ2v) is 6.84. The van der Waals surface area contributed by atoms with Crippen LogP contribution in [0.4, 0.5) is 0 Å². The topological polar surface area (TPSA) is 106 Å². The van der Waals surface area contributed by atoms with E-state index in [9.17, 15) is 5.11 Å². The minimum atomic E-state index is -1.62. The van der Waals surface area contributed by atoms with E-state index in [0.29, 0.717) is 0 Å². The zero-order chi connectivity index (χ0) is 15.9. The number of azide groups is 1. The van der Waals surface area contributed by atoms with Crippen molar-refractivity contribution in [3.8, 4) is 0 Å². The van der Waals surface area contributed by atoms with Crippen LogP contribution in [-0.4, -0.2) is 53.7 Å². The van der Waals surface area contributed by atoms with Crippen LogP contribution in [0.25, 0.3) is 10.4 Å². The van der Waals surface area contributed by atoms with Gasteiger partial charge in [-0.25, -0.2) is 0 Å². The largest absolute Gasteiger partial charge is 0.370 e. The number of aliphatic hydroxyl groups is 1. The first-order valence-electron chi connectivity index (χ1n) is 6.97. The van der Waals surface area contributed by atoms with Gasteiger partial charge in [-0.15, -0.1) is 0 Å². The molecule has 0 radical (unpaired) electrons. The van der Waals surface area contributed by atoms with Crippen LogP contribution < -0.4 is 0 Å². The molecule has 1 unspecified atom stereocenters. The summed E-state index contributed by atoms with van der Waals surface area (Å²) in [5, 5.41) is 14.2. The maximum Gasteiger partial charge on any atom is 0.219 e. The van der Waals surface area contributed by atoms with Crippen LogP contribution >= 0.6 is 0 Å². The fraction of sp³-hybridized carbons (Fsp3) is 1.00. The Morgan fingerprint density at radius 2 is 1.95 bits per heavy atom. The second kappa shape index (κ2) is 5.39. The van der Waals surface area contributed by atoms with Gasteiger partial charge in [0, 0.05) is 4.91 Å². The van der Waals surface area contributed by atoms with E-state index in [0.717, 1.165) is 0 Å². The van der Waals surface area contributed by atoms with Gasteiger partial charge in [-0.3, -0.25) is 0 Å². The minimum Gasteiger partial charge on any atom is -0.370 e. The third-order valence-electron chi connectivity index (χ3n) is 3.33. The van der Waals surface area contributed by atoms with Crippen molar-refractivity contribution in [3.63, 3.8) is 0 Å². The molecule has 0 aromatic rings. The molecule has 2 heterocycles. The average Bonchev–Trinajstić information content (AvgIpc) is 2.78. The van der Waals surface area contributed by atoms with Crippen molar-refractivity contribution in [2.24, 2.45) is 5.11 Å². The van der Waals surface area contributed by atoms with Gasteiger partial charge in [0.2, 0.25) is 5.79 Å². The summed E-state index contributed by atoms with van der Waals surface area (Å²) < 4.78 is 22.8. The Labute approximate surface area is 123 Å². The molecular weight excluding hydrogens is 278 g/mol. The molecule has 2 fully saturated rings. The molecule has 4 atom stereocenters. The van der Waals surface area contributed by atoms with Gasteiger partial charge in [0.05, 0.1) is 18.2 Å². The second-order valence-electron chi connectivity index (χ2n) is 6.84. The van der Waals surface area contributed by atoms with E-state index in [1.54, 1.807) is 13.8 Å². The van der Waals surface area contributed by atoms with Crippen LogP contribution in [0, 0.1) is 0 Å². The summed E-state index contributed by atoms with van der Waals surface area (Å²) in [4.78, 5) is 2.72. The number of rotatable bonds is 4. The van der Waals surface area contributed by atoms with E-state index in [1.165, 1.54) is 0 Å². The number of ether oxygens (including phenoxy) is 4. The van der Waals surface area contributed by atoms with Gasteiger partial charge in [0.15, 0.2) is 5.79 Å². The van der Waals surface area contributed by atoms with Crippen LogP contribution in [-0.2, 0) is 18.9 Å². The van der Waals surface area contributed by atoms with E-state index >= 15 is 0 Å². The lowest BCUT2D eigenvalue weighted by molar-refractivity contribution is -0.294. The average molecular weight is 301 g/mol. The molecule has 0 aromatic carbocycles. The van der Waals surface area contributed by atoms with Crippen molar-refractivity contribution in [2.45, 2.75) is 70.1 Å². The number of hydrogen-bond acceptors (Lipinski definition) is 6. The van der Waals surface area contributed by atoms with Crippen LogP contribution in [0.15, 0.2) is 5.11 Å². The first kappa shape index (κ1) is 16.5. The maximum atomic E-state index is 10.7. The standard InChI is InChI=1S/C13H23N3O5/c1-11(2,3)18-7-13(17)10-9(20-12(4,5)21-10)8(19-13)6-15-16-14/h8-10,17H,6-7H2,1-5H3/t8-,9-,10-,13?/m1/s1. The fourth-order valence-electron chi connectivity index (χ4n) is 2.50. The number of nitrogens with zero attached hydrogens (tertiary/aromatic N) is 3. The Kier molecular flexibility index (Phi) is 4.23. The molecule has 2 aliphatic heterocycles. The fourth-order valence-corrected chi connectivity index (χ4v) is 2.50. The van der Waals surface area contributed by atoms with Crippen molar-refractivity contribution in [1.82, 2.24) is 0 Å². The monoisotopic (exact) mass is 301 g/mol. The summed E-state index contributed by atoms with van der Waals surface area (Å²) in [5.74, 6) is -2.45. The van der Waals surface area contributed by atoms with Gasteiger partial charge in [-0.1, -0.05) is 5.11 Å². The molecule has 2 saturated heterocycles. The Hall–Kier alpha value is -0.890. The normalized spacial score (nSPS) is 38.1. The lowest BCUT2D eigenvalue weighted by atomic mass is 10.1. The van der Waals surface area contributed by atoms with E-state index < -0.39 is 35.5 Å². The summed E-state index contributed by atoms with van der Waals surface area (Å²) in [5.41, 5.74) is 8.03. The predicted molar refractivity (Wildman–Crippen MR) is 73.4 cm³/mol. The van der Waals surface area contributed by atoms with Gasteiger partial charge in [-0.2, -0.15) is 0 Å². The van der Waals surface area contributed by atoms with Crippen molar-refractivity contribution in [3.05, 3.63) is 10.4 Å². The van der Waals surface area contributed by atoms with Crippen LogP contribution in [0.3, 0.4) is 0 Å². The molecule has 0 amide bonds. The quantitative estimate of drug-likeness (QED) is 0.483. The predicted octanol–water partition coefficient (Wildman–Crippen LogP) is 1.72. The molecule has 0 aliphatic carbocycles. The Morgan fingerprint density at radius 3 is 2.52 bits per heavy atom. The Morgan fingerprint density at radius 1 is 1.29 bits per heavy atom. The molecule has 0 saturated carbocycles. The molecule has 0 aromatic heterocycles. The molecule has 2 rings (SSSR count). The number of hydrogen-bond donors (Lipinski definition) is 1. The summed E-state index contributed by atoms with van der Waals surface area (Å²) in [7, 11) is 0. The Bertz CT molecular complexity index is 444. The van der Waals surface area contributed by atoms with Crippen LogP contribution in [0.5, 0.6) is 0 Å². The molecule has 8 heteroatoms. The smallest absolute Gasteiger partial charge is 0.219 e. The highest BCUT2D eigenvalue weighted by Crippen LogP contribution is 2.43. The number of fused-ring (bicyclic) bond motifs is 1. The summed E-state index contributed by atoms with van der Waals surface area (Å²) >= 11 is 0. The highest BCUT2D eigenvalue weighted by molar-refractivity contribution is 5.02. The third kappa shape index (κ3) is 3.66. The van der Waals surface area contributed by atoms with Crippen molar-refractivity contribution in [1.29, 1.82) is 0 Å². The minimum absolute atomic E-state index is 0.0517. The lowest BCUT2D eigenvalue weighted by Gasteiger charge is -2.32. The zero-order valence-electron chi connectivity index (χ0n) is 13.1. The summed E-state index contributed by atoms with van der Waals surface area (Å²) in [6.07, 6.45) is -1.76. The molecule has 1 N–H and O–H groups in total. The molecule has 21 heavy (non-hydrogen) atoms. The molecule has 2 aliphatic rings. The van der Waals surface area contributed by atoms with Gasteiger partial charge in [-0.05, 0) is 40.1 Å². The van der Waals surface area contributed by atoms with E-state index in [1.807, 2.05) is 20.8 Å². The third-order valence-corrected chi connectivity index (χ3v) is 3.33. The van der Waals surface area contributed by atoms with Gasteiger partial charge in [0.1, 0.15) is 18.8 Å². The van der Waals surface area contributed by atoms with Crippen molar-refractivity contribution >= 4 is 0 Å². The summed E-state index contributed by atoms with van der Waals surface area (Å²) in [6.45, 7) is 9.20. The van der Waals surface area contributed by atoms with Gasteiger partial charge in [0.25, 0.3) is 0 Å². The van der Waals surface area contributed by atoms with Crippen LogP contribution in [0.1, 0.15) is 34.6 Å². The van der Waals surface area contributed by atoms with Gasteiger partial charge >= 0.3 is 0 Å². The van der Waals surface area contributed by atoms with Gasteiger partial charge < -0.3 is 24.1 Å². The van der Waals surface area contributed by atoms with Crippen molar-refractivity contribution < 1.29 is 24.1 Å². The SMILES string of the molecule is CC(C)(C)OCC1(O)O[C@H](CN=[N+]=[N-])[C@H]2OC(C)(C)O[C@H]21.